The lowest BCUT2D eigenvalue weighted by Gasteiger charge is -2.01. The van der Waals surface area contributed by atoms with Gasteiger partial charge in [0.15, 0.2) is 0 Å². The lowest BCUT2D eigenvalue weighted by molar-refractivity contribution is 0.167. The highest BCUT2D eigenvalue weighted by Gasteiger charge is 2.00. The van der Waals surface area contributed by atoms with Gasteiger partial charge in [0.1, 0.15) is 5.82 Å². The molecule has 0 atom stereocenters. The van der Waals surface area contributed by atoms with E-state index in [-0.39, 0.29) is 5.82 Å². The van der Waals surface area contributed by atoms with E-state index in [0.29, 0.717) is 11.3 Å². The van der Waals surface area contributed by atoms with Crippen molar-refractivity contribution in [2.75, 3.05) is 5.32 Å². The first kappa shape index (κ1) is 12.8. The van der Waals surface area contributed by atoms with Crippen LogP contribution in [0.25, 0.3) is 0 Å². The summed E-state index contributed by atoms with van der Waals surface area (Å²) in [5.41, 5.74) is 1.25. The Morgan fingerprint density at radius 1 is 1.11 bits per heavy atom. The second-order valence-corrected chi connectivity index (χ2v) is 3.66. The minimum atomic E-state index is -0.690. The van der Waals surface area contributed by atoms with Gasteiger partial charge in [-0.05, 0) is 29.8 Å². The van der Waals surface area contributed by atoms with Crippen LogP contribution in [-0.2, 0) is 4.84 Å². The Hall–Kier alpha value is -2.69. The zero-order chi connectivity index (χ0) is 13.5. The molecule has 0 spiro atoms. The van der Waals surface area contributed by atoms with Crippen LogP contribution in [0.1, 0.15) is 5.56 Å². The largest absolute Gasteiger partial charge is 0.437 e. The molecule has 0 aromatic heterocycles. The van der Waals surface area contributed by atoms with Crippen LogP contribution in [0.15, 0.2) is 59.8 Å². The fourth-order valence-electron chi connectivity index (χ4n) is 1.35. The van der Waals surface area contributed by atoms with E-state index in [1.807, 2.05) is 6.07 Å². The number of anilines is 1. The Labute approximate surface area is 109 Å². The summed E-state index contributed by atoms with van der Waals surface area (Å²) in [5, 5.41) is 6.01. The molecule has 0 aliphatic rings. The number of benzene rings is 2. The number of rotatable bonds is 3. The molecule has 2 rings (SSSR count). The van der Waals surface area contributed by atoms with Crippen molar-refractivity contribution in [1.29, 1.82) is 0 Å². The number of nitrogens with one attached hydrogen (secondary N) is 1. The number of halogens is 1. The summed E-state index contributed by atoms with van der Waals surface area (Å²) < 4.78 is 12.6. The summed E-state index contributed by atoms with van der Waals surface area (Å²) in [6.45, 7) is 0. The number of para-hydroxylation sites is 1. The second-order valence-electron chi connectivity index (χ2n) is 3.66. The van der Waals surface area contributed by atoms with Gasteiger partial charge in [-0.3, -0.25) is 10.2 Å². The lowest BCUT2D eigenvalue weighted by Crippen LogP contribution is -2.10. The van der Waals surface area contributed by atoms with Crippen molar-refractivity contribution in [2.24, 2.45) is 5.16 Å². The number of nitrogens with zero attached hydrogens (tertiary/aromatic N) is 1. The molecule has 0 bridgehead atoms. The zero-order valence-corrected chi connectivity index (χ0v) is 9.92. The molecule has 1 N–H and O–H groups in total. The van der Waals surface area contributed by atoms with Gasteiger partial charge in [-0.1, -0.05) is 35.5 Å². The van der Waals surface area contributed by atoms with E-state index < -0.39 is 6.09 Å². The SMILES string of the molecule is O=C(Nc1ccccc1)ON=Cc1ccc(F)cc1. The molecule has 0 unspecified atom stereocenters. The van der Waals surface area contributed by atoms with E-state index in [1.54, 1.807) is 24.3 Å². The lowest BCUT2D eigenvalue weighted by atomic mass is 10.2. The molecule has 19 heavy (non-hydrogen) atoms. The van der Waals surface area contributed by atoms with Crippen LogP contribution in [-0.4, -0.2) is 12.3 Å². The van der Waals surface area contributed by atoms with Crippen LogP contribution in [0.2, 0.25) is 0 Å². The van der Waals surface area contributed by atoms with Gasteiger partial charge in [0.2, 0.25) is 0 Å². The molecular formula is C14H11FN2O2. The third-order valence-electron chi connectivity index (χ3n) is 2.23. The van der Waals surface area contributed by atoms with E-state index in [0.717, 1.165) is 0 Å². The quantitative estimate of drug-likeness (QED) is 0.521. The zero-order valence-electron chi connectivity index (χ0n) is 9.92. The van der Waals surface area contributed by atoms with Gasteiger partial charge in [-0.25, -0.2) is 9.18 Å². The van der Waals surface area contributed by atoms with Crippen molar-refractivity contribution in [3.05, 3.63) is 66.0 Å². The minimum absolute atomic E-state index is 0.333. The van der Waals surface area contributed by atoms with Gasteiger partial charge in [0.05, 0.1) is 6.21 Å². The third kappa shape index (κ3) is 4.23. The fourth-order valence-corrected chi connectivity index (χ4v) is 1.35. The van der Waals surface area contributed by atoms with Crippen LogP contribution in [0.3, 0.4) is 0 Å². The molecule has 2 aromatic carbocycles. The van der Waals surface area contributed by atoms with Crippen LogP contribution in [0, 0.1) is 5.82 Å². The number of carbonyl (C=O) groups excluding carboxylic acids is 1. The van der Waals surface area contributed by atoms with Crippen molar-refractivity contribution < 1.29 is 14.0 Å². The molecular weight excluding hydrogens is 247 g/mol. The number of carbonyl (C=O) groups is 1. The first-order valence-electron chi connectivity index (χ1n) is 5.56. The molecule has 0 radical (unpaired) electrons. The summed E-state index contributed by atoms with van der Waals surface area (Å²) in [7, 11) is 0. The average molecular weight is 258 g/mol. The van der Waals surface area contributed by atoms with Gasteiger partial charge < -0.3 is 0 Å². The molecule has 96 valence electrons. The minimum Gasteiger partial charge on any atom is -0.298 e. The fraction of sp³-hybridized carbons (Fsp3) is 0. The number of oxime groups is 1. The Bertz CT molecular complexity index is 568. The molecule has 0 fully saturated rings. The highest BCUT2D eigenvalue weighted by molar-refractivity contribution is 5.85. The first-order chi connectivity index (χ1) is 9.24. The molecule has 5 heteroatoms. The number of hydrogen-bond acceptors (Lipinski definition) is 3. The molecule has 0 saturated heterocycles. The summed E-state index contributed by atoms with van der Waals surface area (Å²) in [4.78, 5) is 16.0. The normalized spacial score (nSPS) is 10.4. The molecule has 0 heterocycles. The van der Waals surface area contributed by atoms with Crippen molar-refractivity contribution >= 4 is 18.0 Å². The topological polar surface area (TPSA) is 50.7 Å². The molecule has 0 saturated carbocycles. The van der Waals surface area contributed by atoms with E-state index in [1.165, 1.54) is 30.5 Å². The molecule has 2 aromatic rings. The number of amides is 1. The summed E-state index contributed by atoms with van der Waals surface area (Å²) >= 11 is 0. The number of hydrogen-bond donors (Lipinski definition) is 1. The summed E-state index contributed by atoms with van der Waals surface area (Å²) in [6, 6.07) is 14.5. The predicted octanol–water partition coefficient (Wildman–Crippen LogP) is 3.41. The van der Waals surface area contributed by atoms with E-state index in [4.69, 9.17) is 0 Å². The van der Waals surface area contributed by atoms with Crippen molar-refractivity contribution in [3.63, 3.8) is 0 Å². The van der Waals surface area contributed by atoms with Crippen LogP contribution >= 0.6 is 0 Å². The summed E-state index contributed by atoms with van der Waals surface area (Å²) in [6.07, 6.45) is 0.633. The van der Waals surface area contributed by atoms with Gasteiger partial charge >= 0.3 is 6.09 Å². The average Bonchev–Trinajstić information content (AvgIpc) is 2.42. The summed E-state index contributed by atoms with van der Waals surface area (Å²) in [5.74, 6) is -0.333. The van der Waals surface area contributed by atoms with Crippen LogP contribution < -0.4 is 5.32 Å². The first-order valence-corrected chi connectivity index (χ1v) is 5.56. The smallest absolute Gasteiger partial charge is 0.298 e. The second kappa shape index (κ2) is 6.30. The van der Waals surface area contributed by atoms with Crippen molar-refractivity contribution in [2.45, 2.75) is 0 Å². The van der Waals surface area contributed by atoms with Crippen LogP contribution in [0.5, 0.6) is 0 Å². The van der Waals surface area contributed by atoms with E-state index in [9.17, 15) is 9.18 Å². The molecule has 1 amide bonds. The molecule has 0 aliphatic carbocycles. The monoisotopic (exact) mass is 258 g/mol. The maximum absolute atomic E-state index is 12.6. The Morgan fingerprint density at radius 3 is 2.47 bits per heavy atom. The van der Waals surface area contributed by atoms with E-state index in [2.05, 4.69) is 15.3 Å². The van der Waals surface area contributed by atoms with Crippen molar-refractivity contribution in [3.8, 4) is 0 Å². The maximum Gasteiger partial charge on any atom is 0.437 e. The van der Waals surface area contributed by atoms with Gasteiger partial charge in [-0.15, -0.1) is 0 Å². The van der Waals surface area contributed by atoms with Gasteiger partial charge in [0, 0.05) is 5.69 Å². The molecule has 4 nitrogen and oxygen atoms in total. The van der Waals surface area contributed by atoms with Crippen LogP contribution in [0.4, 0.5) is 14.9 Å². The van der Waals surface area contributed by atoms with Gasteiger partial charge in [-0.2, -0.15) is 0 Å². The Morgan fingerprint density at radius 2 is 1.79 bits per heavy atom. The predicted molar refractivity (Wildman–Crippen MR) is 70.5 cm³/mol. The highest BCUT2D eigenvalue weighted by Crippen LogP contribution is 2.05. The standard InChI is InChI=1S/C14H11FN2O2/c15-12-8-6-11(7-9-12)10-16-19-14(18)17-13-4-2-1-3-5-13/h1-10H,(H,17,18). The highest BCUT2D eigenvalue weighted by atomic mass is 19.1. The third-order valence-corrected chi connectivity index (χ3v) is 2.23. The maximum atomic E-state index is 12.6. The van der Waals surface area contributed by atoms with E-state index >= 15 is 0 Å². The Balaban J connectivity index is 1.85. The van der Waals surface area contributed by atoms with Gasteiger partial charge in [0.25, 0.3) is 0 Å². The Kier molecular flexibility index (Phi) is 4.23. The molecule has 0 aliphatic heterocycles. The van der Waals surface area contributed by atoms with Crippen molar-refractivity contribution in [1.82, 2.24) is 0 Å².